The summed E-state index contributed by atoms with van der Waals surface area (Å²) in [5, 5.41) is 0. The molecular formula is C26H30N2O2. The van der Waals surface area contributed by atoms with E-state index in [0.717, 1.165) is 24.2 Å². The maximum atomic E-state index is 12.9. The van der Waals surface area contributed by atoms with Gasteiger partial charge in [-0.05, 0) is 36.8 Å². The number of benzene rings is 2. The molecule has 1 aliphatic rings. The normalized spacial score (nSPS) is 13.6. The van der Waals surface area contributed by atoms with Crippen molar-refractivity contribution >= 4 is 5.91 Å². The minimum absolute atomic E-state index is 0.181. The summed E-state index contributed by atoms with van der Waals surface area (Å²) >= 11 is 0. The van der Waals surface area contributed by atoms with Gasteiger partial charge in [0.2, 0.25) is 5.91 Å². The predicted octanol–water partition coefficient (Wildman–Crippen LogP) is 5.90. The summed E-state index contributed by atoms with van der Waals surface area (Å²) in [6, 6.07) is 17.2. The van der Waals surface area contributed by atoms with E-state index in [1.54, 1.807) is 6.20 Å². The van der Waals surface area contributed by atoms with Crippen LogP contribution in [-0.4, -0.2) is 21.8 Å². The number of aryl methyl sites for hydroxylation is 2. The van der Waals surface area contributed by atoms with Crippen LogP contribution in [0.2, 0.25) is 0 Å². The average molecular weight is 403 g/mol. The van der Waals surface area contributed by atoms with Crippen molar-refractivity contribution in [2.24, 2.45) is 0 Å². The second kappa shape index (κ2) is 8.86. The molecular weight excluding hydrogens is 372 g/mol. The number of rotatable bonds is 8. The van der Waals surface area contributed by atoms with Crippen molar-refractivity contribution in [1.82, 2.24) is 9.88 Å². The van der Waals surface area contributed by atoms with Crippen LogP contribution in [0.4, 0.5) is 0 Å². The van der Waals surface area contributed by atoms with Gasteiger partial charge in [-0.1, -0.05) is 67.9 Å². The summed E-state index contributed by atoms with van der Waals surface area (Å²) in [6.07, 6.45) is 4.91. The molecule has 0 spiro atoms. The first-order chi connectivity index (χ1) is 14.5. The molecule has 1 aromatic heterocycles. The number of carbonyl (C=O) groups is 1. The summed E-state index contributed by atoms with van der Waals surface area (Å²) in [5.41, 5.74) is 4.74. The quantitative estimate of drug-likeness (QED) is 0.471. The number of nitrogens with zero attached hydrogens (tertiary/aromatic N) is 2. The van der Waals surface area contributed by atoms with Crippen LogP contribution in [0, 0.1) is 6.92 Å². The van der Waals surface area contributed by atoms with Crippen molar-refractivity contribution in [2.45, 2.75) is 65.0 Å². The number of amides is 1. The van der Waals surface area contributed by atoms with E-state index in [-0.39, 0.29) is 5.91 Å². The molecule has 1 heterocycles. The van der Waals surface area contributed by atoms with Gasteiger partial charge in [-0.25, -0.2) is 4.98 Å². The van der Waals surface area contributed by atoms with E-state index in [0.29, 0.717) is 37.2 Å². The van der Waals surface area contributed by atoms with Gasteiger partial charge in [0.15, 0.2) is 11.7 Å². The van der Waals surface area contributed by atoms with E-state index in [9.17, 15) is 4.79 Å². The SMILES string of the molecule is Cc1ccc(-c2cnc(CCC(=O)N(Cc3ccc(C(C)C)cc3)C3CC3)o2)cc1. The zero-order valence-corrected chi connectivity index (χ0v) is 18.1. The van der Waals surface area contributed by atoms with Crippen LogP contribution in [0.25, 0.3) is 11.3 Å². The fraction of sp³-hybridized carbons (Fsp3) is 0.385. The van der Waals surface area contributed by atoms with Crippen molar-refractivity contribution in [3.05, 3.63) is 77.3 Å². The minimum atomic E-state index is 0.181. The molecule has 30 heavy (non-hydrogen) atoms. The van der Waals surface area contributed by atoms with E-state index in [4.69, 9.17) is 4.42 Å². The van der Waals surface area contributed by atoms with Gasteiger partial charge in [0.05, 0.1) is 6.20 Å². The summed E-state index contributed by atoms with van der Waals surface area (Å²) in [4.78, 5) is 19.4. The predicted molar refractivity (Wildman–Crippen MR) is 119 cm³/mol. The molecule has 1 aliphatic carbocycles. The summed E-state index contributed by atoms with van der Waals surface area (Å²) in [5.74, 6) is 2.07. The Morgan fingerprint density at radius 1 is 1.10 bits per heavy atom. The van der Waals surface area contributed by atoms with E-state index in [1.165, 1.54) is 16.7 Å². The Hall–Kier alpha value is -2.88. The topological polar surface area (TPSA) is 46.3 Å². The van der Waals surface area contributed by atoms with E-state index < -0.39 is 0 Å². The molecule has 1 fully saturated rings. The van der Waals surface area contributed by atoms with E-state index in [2.05, 4.69) is 62.2 Å². The molecule has 0 radical (unpaired) electrons. The van der Waals surface area contributed by atoms with Crippen molar-refractivity contribution < 1.29 is 9.21 Å². The molecule has 1 saturated carbocycles. The first-order valence-corrected chi connectivity index (χ1v) is 10.9. The Bertz CT molecular complexity index is 983. The minimum Gasteiger partial charge on any atom is -0.441 e. The molecule has 0 bridgehead atoms. The Labute approximate surface area is 178 Å². The number of aromatic nitrogens is 1. The molecule has 156 valence electrons. The first-order valence-electron chi connectivity index (χ1n) is 10.9. The van der Waals surface area contributed by atoms with Crippen LogP contribution in [0.15, 0.2) is 59.1 Å². The maximum absolute atomic E-state index is 12.9. The number of hydrogen-bond acceptors (Lipinski definition) is 3. The monoisotopic (exact) mass is 402 g/mol. The Morgan fingerprint density at radius 2 is 1.80 bits per heavy atom. The van der Waals surface area contributed by atoms with Crippen molar-refractivity contribution in [2.75, 3.05) is 0 Å². The highest BCUT2D eigenvalue weighted by molar-refractivity contribution is 5.77. The lowest BCUT2D eigenvalue weighted by molar-refractivity contribution is -0.132. The van der Waals surface area contributed by atoms with Gasteiger partial charge in [0, 0.05) is 31.0 Å². The number of carbonyl (C=O) groups excluding carboxylic acids is 1. The Morgan fingerprint density at radius 3 is 2.43 bits per heavy atom. The zero-order chi connectivity index (χ0) is 21.1. The maximum Gasteiger partial charge on any atom is 0.223 e. The van der Waals surface area contributed by atoms with Crippen LogP contribution in [0.1, 0.15) is 61.6 Å². The second-order valence-electron chi connectivity index (χ2n) is 8.63. The van der Waals surface area contributed by atoms with Gasteiger partial charge in [-0.15, -0.1) is 0 Å². The van der Waals surface area contributed by atoms with Gasteiger partial charge < -0.3 is 9.32 Å². The lowest BCUT2D eigenvalue weighted by Gasteiger charge is -2.22. The average Bonchev–Trinajstić information content (AvgIpc) is 3.48. The molecule has 4 heteroatoms. The highest BCUT2D eigenvalue weighted by atomic mass is 16.4. The molecule has 3 aromatic rings. The molecule has 0 atom stereocenters. The molecule has 0 unspecified atom stereocenters. The van der Waals surface area contributed by atoms with Gasteiger partial charge >= 0.3 is 0 Å². The third-order valence-corrected chi connectivity index (χ3v) is 5.75. The van der Waals surface area contributed by atoms with Crippen LogP contribution < -0.4 is 0 Å². The summed E-state index contributed by atoms with van der Waals surface area (Å²) < 4.78 is 5.89. The fourth-order valence-corrected chi connectivity index (χ4v) is 3.65. The molecule has 4 nitrogen and oxygen atoms in total. The molecule has 2 aromatic carbocycles. The summed E-state index contributed by atoms with van der Waals surface area (Å²) in [7, 11) is 0. The van der Waals surface area contributed by atoms with Crippen molar-refractivity contribution in [3.8, 4) is 11.3 Å². The van der Waals surface area contributed by atoms with Gasteiger partial charge in [-0.2, -0.15) is 0 Å². The standard InChI is InChI=1S/C26H30N2O2/c1-18(2)21-10-6-20(7-11-21)17-28(23-12-13-23)26(29)15-14-25-27-16-24(30-25)22-8-4-19(3)5-9-22/h4-11,16,18,23H,12-15,17H2,1-3H3. The van der Waals surface area contributed by atoms with E-state index in [1.807, 2.05) is 17.0 Å². The molecule has 0 N–H and O–H groups in total. The van der Waals surface area contributed by atoms with Crippen LogP contribution in [-0.2, 0) is 17.8 Å². The van der Waals surface area contributed by atoms with Gasteiger partial charge in [0.1, 0.15) is 0 Å². The third-order valence-electron chi connectivity index (χ3n) is 5.75. The third kappa shape index (κ3) is 4.99. The molecule has 1 amide bonds. The zero-order valence-electron chi connectivity index (χ0n) is 18.1. The smallest absolute Gasteiger partial charge is 0.223 e. The van der Waals surface area contributed by atoms with Crippen molar-refractivity contribution in [3.63, 3.8) is 0 Å². The van der Waals surface area contributed by atoms with Gasteiger partial charge in [-0.3, -0.25) is 4.79 Å². The second-order valence-corrected chi connectivity index (χ2v) is 8.63. The Balaban J connectivity index is 1.36. The lowest BCUT2D eigenvalue weighted by Crippen LogP contribution is -2.32. The number of hydrogen-bond donors (Lipinski definition) is 0. The summed E-state index contributed by atoms with van der Waals surface area (Å²) in [6.45, 7) is 7.14. The highest BCUT2D eigenvalue weighted by Crippen LogP contribution is 2.30. The molecule has 0 aliphatic heterocycles. The first kappa shape index (κ1) is 20.4. The fourth-order valence-electron chi connectivity index (χ4n) is 3.65. The number of oxazole rings is 1. The van der Waals surface area contributed by atoms with Crippen LogP contribution >= 0.6 is 0 Å². The van der Waals surface area contributed by atoms with E-state index >= 15 is 0 Å². The highest BCUT2D eigenvalue weighted by Gasteiger charge is 2.32. The lowest BCUT2D eigenvalue weighted by atomic mass is 10.0. The Kier molecular flexibility index (Phi) is 6.03. The molecule has 4 rings (SSSR count). The van der Waals surface area contributed by atoms with Crippen LogP contribution in [0.5, 0.6) is 0 Å². The largest absolute Gasteiger partial charge is 0.441 e. The van der Waals surface area contributed by atoms with Gasteiger partial charge in [0.25, 0.3) is 0 Å². The van der Waals surface area contributed by atoms with Crippen molar-refractivity contribution in [1.29, 1.82) is 0 Å². The van der Waals surface area contributed by atoms with Crippen LogP contribution in [0.3, 0.4) is 0 Å². The molecule has 0 saturated heterocycles.